The van der Waals surface area contributed by atoms with Crippen molar-refractivity contribution in [3.63, 3.8) is 0 Å². The average molecular weight is 430 g/mol. The lowest BCUT2D eigenvalue weighted by molar-refractivity contribution is -0.121. The molecule has 1 heterocycles. The minimum Gasteiger partial charge on any atom is -0.383 e. The van der Waals surface area contributed by atoms with E-state index in [4.69, 9.17) is 16.3 Å². The molecular weight excluding hydrogens is 402 g/mol. The smallest absolute Gasteiger partial charge is 0.253 e. The van der Waals surface area contributed by atoms with Crippen molar-refractivity contribution in [2.75, 3.05) is 38.7 Å². The highest BCUT2D eigenvalue weighted by Crippen LogP contribution is 2.24. The quantitative estimate of drug-likeness (QED) is 0.629. The number of likely N-dealkylation sites (tertiary alicyclic amines) is 1. The van der Waals surface area contributed by atoms with Gasteiger partial charge in [0.1, 0.15) is 0 Å². The Morgan fingerprint density at radius 2 is 1.93 bits per heavy atom. The van der Waals surface area contributed by atoms with Crippen LogP contribution in [0, 0.1) is 5.92 Å². The summed E-state index contributed by atoms with van der Waals surface area (Å²) in [6, 6.07) is 14.9. The molecule has 7 heteroatoms. The lowest BCUT2D eigenvalue weighted by atomic mass is 9.96. The van der Waals surface area contributed by atoms with Crippen LogP contribution in [0.4, 0.5) is 5.69 Å². The van der Waals surface area contributed by atoms with E-state index in [-0.39, 0.29) is 17.7 Å². The molecule has 30 heavy (non-hydrogen) atoms. The predicted octanol–water partition coefficient (Wildman–Crippen LogP) is 3.57. The van der Waals surface area contributed by atoms with E-state index in [9.17, 15) is 9.59 Å². The number of nitrogens with zero attached hydrogens (tertiary/aromatic N) is 1. The summed E-state index contributed by atoms with van der Waals surface area (Å²) in [5.74, 6) is -0.422. The van der Waals surface area contributed by atoms with Crippen LogP contribution in [0.2, 0.25) is 5.02 Å². The molecule has 2 aromatic rings. The maximum Gasteiger partial charge on any atom is 0.253 e. The monoisotopic (exact) mass is 429 g/mol. The van der Waals surface area contributed by atoms with E-state index in [1.807, 2.05) is 30.3 Å². The maximum atomic E-state index is 13.0. The minimum absolute atomic E-state index is 0.0593. The fraction of sp³-hybridized carbons (Fsp3) is 0.391. The molecule has 3 rings (SSSR count). The predicted molar refractivity (Wildman–Crippen MR) is 119 cm³/mol. The van der Waals surface area contributed by atoms with Crippen LogP contribution in [0.3, 0.4) is 0 Å². The highest BCUT2D eigenvalue weighted by atomic mass is 35.5. The topological polar surface area (TPSA) is 70.7 Å². The number of carbonyl (C=O) groups excluding carboxylic acids is 2. The van der Waals surface area contributed by atoms with Gasteiger partial charge in [0.2, 0.25) is 5.91 Å². The number of anilines is 1. The van der Waals surface area contributed by atoms with E-state index in [1.165, 1.54) is 0 Å². The Bertz CT molecular complexity index is 874. The van der Waals surface area contributed by atoms with Crippen molar-refractivity contribution in [2.24, 2.45) is 5.92 Å². The van der Waals surface area contributed by atoms with Gasteiger partial charge in [-0.25, -0.2) is 0 Å². The Morgan fingerprint density at radius 3 is 2.73 bits per heavy atom. The van der Waals surface area contributed by atoms with Gasteiger partial charge >= 0.3 is 0 Å². The van der Waals surface area contributed by atoms with E-state index >= 15 is 0 Å². The average Bonchev–Trinajstić information content (AvgIpc) is 2.76. The molecule has 0 aromatic heterocycles. The van der Waals surface area contributed by atoms with Gasteiger partial charge < -0.3 is 15.4 Å². The number of amides is 2. The zero-order valence-electron chi connectivity index (χ0n) is 17.2. The molecular formula is C23H28ClN3O3. The third-order valence-corrected chi connectivity index (χ3v) is 5.62. The fourth-order valence-electron chi connectivity index (χ4n) is 3.67. The van der Waals surface area contributed by atoms with Gasteiger partial charge in [0.05, 0.1) is 23.8 Å². The molecule has 0 aliphatic carbocycles. The van der Waals surface area contributed by atoms with Gasteiger partial charge in [0.25, 0.3) is 5.91 Å². The second-order valence-electron chi connectivity index (χ2n) is 7.45. The van der Waals surface area contributed by atoms with Gasteiger partial charge in [0.15, 0.2) is 0 Å². The summed E-state index contributed by atoms with van der Waals surface area (Å²) in [7, 11) is 1.58. The number of hydrogen-bond donors (Lipinski definition) is 2. The molecule has 2 aromatic carbocycles. The third kappa shape index (κ3) is 6.05. The number of benzene rings is 2. The van der Waals surface area contributed by atoms with Crippen molar-refractivity contribution in [1.29, 1.82) is 0 Å². The molecule has 1 aliphatic rings. The van der Waals surface area contributed by atoms with E-state index < -0.39 is 0 Å². The highest BCUT2D eigenvalue weighted by molar-refractivity contribution is 6.31. The molecule has 1 aliphatic heterocycles. The summed E-state index contributed by atoms with van der Waals surface area (Å²) < 4.78 is 4.96. The molecule has 2 N–H and O–H groups in total. The summed E-state index contributed by atoms with van der Waals surface area (Å²) in [5, 5.41) is 6.51. The van der Waals surface area contributed by atoms with Crippen molar-refractivity contribution in [1.82, 2.24) is 10.2 Å². The summed E-state index contributed by atoms with van der Waals surface area (Å²) >= 11 is 6.29. The molecule has 0 spiro atoms. The summed E-state index contributed by atoms with van der Waals surface area (Å²) in [6.07, 6.45) is 1.77. The minimum atomic E-state index is -0.230. The number of methoxy groups -OCH3 is 1. The summed E-state index contributed by atoms with van der Waals surface area (Å²) in [4.78, 5) is 27.7. The fourth-order valence-corrected chi connectivity index (χ4v) is 3.86. The Balaban J connectivity index is 1.62. The van der Waals surface area contributed by atoms with Crippen LogP contribution in [-0.2, 0) is 16.1 Å². The van der Waals surface area contributed by atoms with Crippen LogP contribution < -0.4 is 10.6 Å². The molecule has 160 valence electrons. The first-order valence-electron chi connectivity index (χ1n) is 10.2. The Morgan fingerprint density at radius 1 is 1.17 bits per heavy atom. The Labute approximate surface area is 182 Å². The molecule has 0 radical (unpaired) electrons. The van der Waals surface area contributed by atoms with E-state index in [1.54, 1.807) is 25.3 Å². The van der Waals surface area contributed by atoms with Crippen molar-refractivity contribution < 1.29 is 14.3 Å². The molecule has 0 unspecified atom stereocenters. The van der Waals surface area contributed by atoms with Gasteiger partial charge in [-0.3, -0.25) is 14.5 Å². The van der Waals surface area contributed by atoms with Gasteiger partial charge in [-0.1, -0.05) is 41.9 Å². The number of rotatable bonds is 8. The zero-order valence-corrected chi connectivity index (χ0v) is 18.0. The number of nitrogens with one attached hydrogen (secondary N) is 2. The van der Waals surface area contributed by atoms with E-state index in [2.05, 4.69) is 15.5 Å². The molecule has 0 bridgehead atoms. The zero-order chi connectivity index (χ0) is 21.3. The van der Waals surface area contributed by atoms with Crippen LogP contribution in [0.1, 0.15) is 28.8 Å². The highest BCUT2D eigenvalue weighted by Gasteiger charge is 2.27. The third-order valence-electron chi connectivity index (χ3n) is 5.25. The van der Waals surface area contributed by atoms with Crippen LogP contribution in [0.5, 0.6) is 0 Å². The van der Waals surface area contributed by atoms with Crippen molar-refractivity contribution in [3.8, 4) is 0 Å². The molecule has 1 fully saturated rings. The molecule has 6 nitrogen and oxygen atoms in total. The Hall–Kier alpha value is -2.41. The second kappa shape index (κ2) is 11.1. The SMILES string of the molecule is COCCNC(=O)c1ccccc1NC(=O)[C@@H]1CCCN(Cc2ccccc2Cl)C1. The Kier molecular flexibility index (Phi) is 8.25. The first kappa shape index (κ1) is 22.3. The number of carbonyl (C=O) groups is 2. The first-order valence-corrected chi connectivity index (χ1v) is 10.6. The number of hydrogen-bond acceptors (Lipinski definition) is 4. The second-order valence-corrected chi connectivity index (χ2v) is 7.86. The van der Waals surface area contributed by atoms with Crippen LogP contribution in [0.25, 0.3) is 0 Å². The molecule has 1 saturated heterocycles. The van der Waals surface area contributed by atoms with Crippen molar-refractivity contribution in [3.05, 3.63) is 64.7 Å². The summed E-state index contributed by atoms with van der Waals surface area (Å²) in [5.41, 5.74) is 2.05. The largest absolute Gasteiger partial charge is 0.383 e. The van der Waals surface area contributed by atoms with Crippen LogP contribution >= 0.6 is 11.6 Å². The van der Waals surface area contributed by atoms with Crippen molar-refractivity contribution in [2.45, 2.75) is 19.4 Å². The normalized spacial score (nSPS) is 16.8. The van der Waals surface area contributed by atoms with Crippen LogP contribution in [-0.4, -0.2) is 50.1 Å². The summed E-state index contributed by atoms with van der Waals surface area (Å²) in [6.45, 7) is 3.18. The molecule has 1 atom stereocenters. The molecule has 2 amide bonds. The number of para-hydroxylation sites is 1. The number of piperidine rings is 1. The van der Waals surface area contributed by atoms with Gasteiger partial charge in [0, 0.05) is 31.8 Å². The van der Waals surface area contributed by atoms with Gasteiger partial charge in [-0.15, -0.1) is 0 Å². The van der Waals surface area contributed by atoms with E-state index in [0.29, 0.717) is 30.9 Å². The van der Waals surface area contributed by atoms with Gasteiger partial charge in [-0.05, 0) is 43.1 Å². The number of halogens is 1. The molecule has 0 saturated carbocycles. The number of ether oxygens (including phenoxy) is 1. The maximum absolute atomic E-state index is 13.0. The van der Waals surface area contributed by atoms with Gasteiger partial charge in [-0.2, -0.15) is 0 Å². The van der Waals surface area contributed by atoms with E-state index in [0.717, 1.165) is 36.5 Å². The van der Waals surface area contributed by atoms with Crippen molar-refractivity contribution >= 4 is 29.1 Å². The lowest BCUT2D eigenvalue weighted by Crippen LogP contribution is -2.40. The van der Waals surface area contributed by atoms with Crippen LogP contribution in [0.15, 0.2) is 48.5 Å². The lowest BCUT2D eigenvalue weighted by Gasteiger charge is -2.32. The standard InChI is InChI=1S/C23H28ClN3O3/c1-30-14-12-25-23(29)19-9-3-5-11-21(19)26-22(28)18-8-6-13-27(16-18)15-17-7-2-4-10-20(17)24/h2-5,7,9-11,18H,6,8,12-16H2,1H3,(H,25,29)(H,26,28)/t18-/m1/s1. The first-order chi connectivity index (χ1) is 14.6.